The van der Waals surface area contributed by atoms with Gasteiger partial charge in [-0.3, -0.25) is 14.5 Å². The average Bonchev–Trinajstić information content (AvgIpc) is 3.21. The summed E-state index contributed by atoms with van der Waals surface area (Å²) in [4.78, 5) is 29.2. The summed E-state index contributed by atoms with van der Waals surface area (Å²) in [7, 11) is 0. The predicted octanol–water partition coefficient (Wildman–Crippen LogP) is 3.08. The molecule has 2 heterocycles. The summed E-state index contributed by atoms with van der Waals surface area (Å²) >= 11 is 5.96. The molecule has 2 N–H and O–H groups in total. The molecule has 0 fully saturated rings. The number of oxazole rings is 1. The van der Waals surface area contributed by atoms with E-state index in [1.807, 2.05) is 0 Å². The largest absolute Gasteiger partial charge is 0.436 e. The first-order valence-electron chi connectivity index (χ1n) is 8.38. The van der Waals surface area contributed by atoms with Crippen molar-refractivity contribution >= 4 is 40.2 Å². The normalized spacial score (nSPS) is 14.1. The quantitative estimate of drug-likeness (QED) is 0.487. The number of β-amino-alcohol motifs (C(OH)–C–C–N with tert-alkyl or cyclic N) is 1. The number of anilines is 1. The molecule has 1 aliphatic rings. The molecule has 2 amide bonds. The van der Waals surface area contributed by atoms with E-state index >= 15 is 0 Å². The molecule has 10 heteroatoms. The predicted molar refractivity (Wildman–Crippen MR) is 99.9 cm³/mol. The summed E-state index contributed by atoms with van der Waals surface area (Å²) in [5.74, 6) is -3.25. The van der Waals surface area contributed by atoms with Gasteiger partial charge in [0, 0.05) is 11.8 Å². The molecule has 2 aromatic carbocycles. The second kappa shape index (κ2) is 7.26. The number of amides is 2. The fourth-order valence-corrected chi connectivity index (χ4v) is 3.10. The zero-order chi connectivity index (χ0) is 20.7. The van der Waals surface area contributed by atoms with Crippen LogP contribution >= 0.6 is 11.6 Å². The van der Waals surface area contributed by atoms with E-state index in [1.54, 1.807) is 18.2 Å². The lowest BCUT2D eigenvalue weighted by atomic mass is 10.2. The molecule has 0 atom stereocenters. The van der Waals surface area contributed by atoms with Crippen LogP contribution in [0.2, 0.25) is 5.02 Å². The second-order valence-electron chi connectivity index (χ2n) is 6.15. The highest BCUT2D eigenvalue weighted by atomic mass is 35.5. The van der Waals surface area contributed by atoms with Crippen LogP contribution in [0.1, 0.15) is 0 Å². The lowest BCUT2D eigenvalue weighted by Crippen LogP contribution is -2.34. The van der Waals surface area contributed by atoms with Crippen LogP contribution in [0, 0.1) is 11.6 Å². The Labute approximate surface area is 167 Å². The number of aliphatic hydroxyl groups is 1. The van der Waals surface area contributed by atoms with Crippen LogP contribution < -0.4 is 5.32 Å². The number of carbonyl (C=O) groups is 2. The molecule has 148 valence electrons. The van der Waals surface area contributed by atoms with Crippen molar-refractivity contribution < 1.29 is 27.9 Å². The van der Waals surface area contributed by atoms with Gasteiger partial charge < -0.3 is 14.8 Å². The van der Waals surface area contributed by atoms with Crippen molar-refractivity contribution in [3.05, 3.63) is 58.8 Å². The number of fused-ring (bicyclic) bond motifs is 1. The molecule has 7 nitrogen and oxygen atoms in total. The number of nitrogens with zero attached hydrogens (tertiary/aromatic N) is 2. The first-order valence-corrected chi connectivity index (χ1v) is 8.76. The number of nitrogens with one attached hydrogen (secondary N) is 1. The van der Waals surface area contributed by atoms with Crippen molar-refractivity contribution in [3.8, 4) is 11.5 Å². The molecule has 4 rings (SSSR count). The van der Waals surface area contributed by atoms with Gasteiger partial charge in [-0.25, -0.2) is 13.8 Å². The van der Waals surface area contributed by atoms with Crippen LogP contribution in [0.3, 0.4) is 0 Å². The summed E-state index contributed by atoms with van der Waals surface area (Å²) in [6, 6.07) is 6.45. The first-order chi connectivity index (χ1) is 13.9. The molecule has 1 aromatic heterocycles. The SMILES string of the molecule is O=C1C=C(Nc2ccc3oc(-c4cc(F)c(F)cc4Cl)nc3c2)C(=O)N1CCO. The van der Waals surface area contributed by atoms with Gasteiger partial charge in [0.2, 0.25) is 5.89 Å². The Bertz CT molecular complexity index is 1190. The third-order valence-corrected chi connectivity index (χ3v) is 4.55. The van der Waals surface area contributed by atoms with E-state index in [1.165, 1.54) is 0 Å². The first kappa shape index (κ1) is 19.0. The number of hydrogen-bond donors (Lipinski definition) is 2. The maximum Gasteiger partial charge on any atom is 0.277 e. The van der Waals surface area contributed by atoms with Crippen molar-refractivity contribution in [1.82, 2.24) is 9.88 Å². The molecule has 0 bridgehead atoms. The maximum absolute atomic E-state index is 13.5. The number of halogens is 3. The molecule has 1 aliphatic heterocycles. The molecule has 0 radical (unpaired) electrons. The van der Waals surface area contributed by atoms with Crippen LogP contribution in [-0.4, -0.2) is 40.0 Å². The lowest BCUT2D eigenvalue weighted by Gasteiger charge is -2.13. The molecule has 29 heavy (non-hydrogen) atoms. The minimum absolute atomic E-state index is 0.00140. The summed E-state index contributed by atoms with van der Waals surface area (Å²) in [5, 5.41) is 11.7. The van der Waals surface area contributed by atoms with Gasteiger partial charge in [0.25, 0.3) is 11.8 Å². The van der Waals surface area contributed by atoms with Crippen LogP contribution in [0.5, 0.6) is 0 Å². The monoisotopic (exact) mass is 419 g/mol. The maximum atomic E-state index is 13.5. The zero-order valence-corrected chi connectivity index (χ0v) is 15.3. The van der Waals surface area contributed by atoms with E-state index in [0.717, 1.165) is 23.1 Å². The smallest absolute Gasteiger partial charge is 0.277 e. The number of benzene rings is 2. The van der Waals surface area contributed by atoms with Gasteiger partial charge in [-0.15, -0.1) is 0 Å². The van der Waals surface area contributed by atoms with E-state index in [0.29, 0.717) is 16.8 Å². The Morgan fingerprint density at radius 2 is 1.93 bits per heavy atom. The number of hydrogen-bond acceptors (Lipinski definition) is 6. The van der Waals surface area contributed by atoms with Crippen molar-refractivity contribution in [2.45, 2.75) is 0 Å². The molecule has 0 saturated carbocycles. The van der Waals surface area contributed by atoms with Gasteiger partial charge in [-0.2, -0.15) is 0 Å². The topological polar surface area (TPSA) is 95.7 Å². The van der Waals surface area contributed by atoms with Gasteiger partial charge in [0.1, 0.15) is 11.2 Å². The Morgan fingerprint density at radius 3 is 2.69 bits per heavy atom. The van der Waals surface area contributed by atoms with E-state index < -0.39 is 23.4 Å². The van der Waals surface area contributed by atoms with E-state index in [2.05, 4.69) is 10.3 Å². The van der Waals surface area contributed by atoms with Crippen LogP contribution in [0.15, 0.2) is 46.5 Å². The molecular weight excluding hydrogens is 408 g/mol. The highest BCUT2D eigenvalue weighted by Crippen LogP contribution is 2.32. The number of aromatic nitrogens is 1. The number of aliphatic hydroxyl groups excluding tert-OH is 1. The fourth-order valence-electron chi connectivity index (χ4n) is 2.87. The van der Waals surface area contributed by atoms with Crippen LogP contribution in [0.4, 0.5) is 14.5 Å². The third kappa shape index (κ3) is 3.45. The van der Waals surface area contributed by atoms with Gasteiger partial charge in [-0.1, -0.05) is 11.6 Å². The van der Waals surface area contributed by atoms with Gasteiger partial charge >= 0.3 is 0 Å². The van der Waals surface area contributed by atoms with Crippen LogP contribution in [-0.2, 0) is 9.59 Å². The highest BCUT2D eigenvalue weighted by molar-refractivity contribution is 6.33. The molecule has 0 spiro atoms. The van der Waals surface area contributed by atoms with E-state index in [-0.39, 0.29) is 35.3 Å². The number of rotatable bonds is 5. The van der Waals surface area contributed by atoms with Crippen molar-refractivity contribution in [2.24, 2.45) is 0 Å². The van der Waals surface area contributed by atoms with Crippen molar-refractivity contribution in [3.63, 3.8) is 0 Å². The average molecular weight is 420 g/mol. The van der Waals surface area contributed by atoms with Gasteiger partial charge in [0.15, 0.2) is 17.2 Å². The van der Waals surface area contributed by atoms with Crippen LogP contribution in [0.25, 0.3) is 22.6 Å². The van der Waals surface area contributed by atoms with E-state index in [4.69, 9.17) is 21.1 Å². The Hall–Kier alpha value is -3.30. The van der Waals surface area contributed by atoms with Crippen molar-refractivity contribution in [2.75, 3.05) is 18.5 Å². The Balaban J connectivity index is 1.63. The van der Waals surface area contributed by atoms with Gasteiger partial charge in [0.05, 0.1) is 23.7 Å². The van der Waals surface area contributed by atoms with Crippen molar-refractivity contribution in [1.29, 1.82) is 0 Å². The fraction of sp³-hybridized carbons (Fsp3) is 0.105. The summed E-state index contributed by atoms with van der Waals surface area (Å²) < 4.78 is 32.4. The van der Waals surface area contributed by atoms with Gasteiger partial charge in [-0.05, 0) is 30.3 Å². The van der Waals surface area contributed by atoms with E-state index in [9.17, 15) is 18.4 Å². The highest BCUT2D eigenvalue weighted by Gasteiger charge is 2.30. The zero-order valence-electron chi connectivity index (χ0n) is 14.6. The Morgan fingerprint density at radius 1 is 1.17 bits per heavy atom. The number of imide groups is 1. The second-order valence-corrected chi connectivity index (χ2v) is 6.56. The number of carbonyl (C=O) groups excluding carboxylic acids is 2. The summed E-state index contributed by atoms with van der Waals surface area (Å²) in [5.41, 5.74) is 1.32. The molecule has 0 aliphatic carbocycles. The molecule has 0 unspecified atom stereocenters. The lowest BCUT2D eigenvalue weighted by molar-refractivity contribution is -0.137. The molecule has 3 aromatic rings. The molecule has 0 saturated heterocycles. The summed E-state index contributed by atoms with van der Waals surface area (Å²) in [6.07, 6.45) is 1.14. The minimum Gasteiger partial charge on any atom is -0.436 e. The minimum atomic E-state index is -1.09. The third-order valence-electron chi connectivity index (χ3n) is 4.24. The molecular formula is C19H12ClF2N3O4. The summed E-state index contributed by atoms with van der Waals surface area (Å²) in [6.45, 7) is -0.432. The Kier molecular flexibility index (Phi) is 4.77. The standard InChI is InChI=1S/C19H12ClF2N3O4/c20-11-7-13(22)12(21)6-10(11)18-24-14-5-9(1-2-16(14)29-18)23-15-8-17(27)25(3-4-26)19(15)28/h1-2,5-8,23,26H,3-4H2.